The van der Waals surface area contributed by atoms with Crippen molar-refractivity contribution in [1.29, 1.82) is 0 Å². The van der Waals surface area contributed by atoms with Crippen molar-refractivity contribution in [2.24, 2.45) is 0 Å². The second-order valence-corrected chi connectivity index (χ2v) is 6.78. The smallest absolute Gasteiger partial charge is 0.276 e. The van der Waals surface area contributed by atoms with E-state index in [0.717, 1.165) is 16.9 Å². The summed E-state index contributed by atoms with van der Waals surface area (Å²) < 4.78 is 0. The lowest BCUT2D eigenvalue weighted by Gasteiger charge is -2.18. The van der Waals surface area contributed by atoms with Crippen LogP contribution >= 0.6 is 0 Å². The summed E-state index contributed by atoms with van der Waals surface area (Å²) in [5, 5.41) is 3.30. The van der Waals surface area contributed by atoms with Crippen LogP contribution in [-0.4, -0.2) is 22.9 Å². The third-order valence-corrected chi connectivity index (χ3v) is 4.49. The monoisotopic (exact) mass is 360 g/mol. The van der Waals surface area contributed by atoms with Gasteiger partial charge in [0.1, 0.15) is 5.69 Å². The van der Waals surface area contributed by atoms with Crippen LogP contribution in [0.15, 0.2) is 60.8 Å². The Morgan fingerprint density at radius 3 is 2.48 bits per heavy atom. The largest absolute Gasteiger partial charge is 0.324 e. The Morgan fingerprint density at radius 2 is 1.78 bits per heavy atom. The third-order valence-electron chi connectivity index (χ3n) is 4.49. The van der Waals surface area contributed by atoms with E-state index in [1.54, 1.807) is 24.2 Å². The molecule has 2 aromatic carbocycles. The molecule has 1 aromatic heterocycles. The van der Waals surface area contributed by atoms with Gasteiger partial charge in [0.05, 0.1) is 0 Å². The highest BCUT2D eigenvalue weighted by Gasteiger charge is 2.16. The van der Waals surface area contributed by atoms with Crippen molar-refractivity contribution in [3.05, 3.63) is 77.6 Å². The summed E-state index contributed by atoms with van der Waals surface area (Å²) in [6, 6.07) is 17.3. The Hall–Kier alpha value is -3.21. The van der Waals surface area contributed by atoms with Gasteiger partial charge in [0, 0.05) is 24.6 Å². The minimum Gasteiger partial charge on any atom is -0.324 e. The lowest BCUT2D eigenvalue weighted by molar-refractivity contribution is 0.0988. The van der Waals surface area contributed by atoms with E-state index in [9.17, 15) is 4.79 Å². The number of carbonyl (C=O) groups is 1. The fraction of sp³-hybridized carbons (Fsp3) is 0.227. The second-order valence-electron chi connectivity index (χ2n) is 6.78. The van der Waals surface area contributed by atoms with E-state index >= 15 is 0 Å². The zero-order valence-corrected chi connectivity index (χ0v) is 16.1. The highest BCUT2D eigenvalue weighted by molar-refractivity contribution is 6.04. The Morgan fingerprint density at radius 1 is 1.04 bits per heavy atom. The van der Waals surface area contributed by atoms with Gasteiger partial charge in [-0.2, -0.15) is 0 Å². The van der Waals surface area contributed by atoms with Crippen LogP contribution in [0.2, 0.25) is 0 Å². The molecule has 1 heterocycles. The first-order valence-electron chi connectivity index (χ1n) is 9.00. The van der Waals surface area contributed by atoms with Gasteiger partial charge in [0.2, 0.25) is 5.95 Å². The van der Waals surface area contributed by atoms with Crippen molar-refractivity contribution in [1.82, 2.24) is 9.97 Å². The summed E-state index contributed by atoms with van der Waals surface area (Å²) >= 11 is 0. The normalized spacial score (nSPS) is 10.7. The van der Waals surface area contributed by atoms with Gasteiger partial charge in [-0.25, -0.2) is 9.97 Å². The Labute approximate surface area is 160 Å². The maximum atomic E-state index is 12.8. The molecule has 0 unspecified atom stereocenters. The molecular weight excluding hydrogens is 336 g/mol. The van der Waals surface area contributed by atoms with Crippen LogP contribution in [0.3, 0.4) is 0 Å². The van der Waals surface area contributed by atoms with E-state index in [4.69, 9.17) is 0 Å². The molecule has 5 heteroatoms. The fourth-order valence-electron chi connectivity index (χ4n) is 2.93. The summed E-state index contributed by atoms with van der Waals surface area (Å²) in [5.74, 6) is 0.598. The van der Waals surface area contributed by atoms with E-state index in [2.05, 4.69) is 35.2 Å². The van der Waals surface area contributed by atoms with Crippen LogP contribution in [0.25, 0.3) is 0 Å². The highest BCUT2D eigenvalue weighted by atomic mass is 16.2. The highest BCUT2D eigenvalue weighted by Crippen LogP contribution is 2.29. The molecule has 1 amide bonds. The number of hydrogen-bond acceptors (Lipinski definition) is 4. The number of hydrogen-bond donors (Lipinski definition) is 1. The predicted octanol–water partition coefficient (Wildman–Crippen LogP) is 4.93. The van der Waals surface area contributed by atoms with Crippen molar-refractivity contribution in [3.63, 3.8) is 0 Å². The average Bonchev–Trinajstić information content (AvgIpc) is 2.69. The Balaban J connectivity index is 1.88. The fourth-order valence-corrected chi connectivity index (χ4v) is 2.93. The number of amides is 1. The van der Waals surface area contributed by atoms with Crippen LogP contribution < -0.4 is 10.2 Å². The molecule has 3 aromatic rings. The summed E-state index contributed by atoms with van der Waals surface area (Å²) in [6.45, 7) is 6.34. The number of carbonyl (C=O) groups excluding carboxylic acids is 1. The van der Waals surface area contributed by atoms with Gasteiger partial charge in [-0.15, -0.1) is 0 Å². The summed E-state index contributed by atoms with van der Waals surface area (Å²) in [6.07, 6.45) is 1.61. The SMILES string of the molecule is Cc1cccc(C(C)C)c1Nc1nccc(C(=O)N(C)c2ccccc2)n1. The molecule has 27 heavy (non-hydrogen) atoms. The van der Waals surface area contributed by atoms with Crippen LogP contribution in [0, 0.1) is 6.92 Å². The van der Waals surface area contributed by atoms with Crippen molar-refractivity contribution >= 4 is 23.2 Å². The Bertz CT molecular complexity index is 938. The molecule has 0 aliphatic carbocycles. The van der Waals surface area contributed by atoms with Gasteiger partial charge >= 0.3 is 0 Å². The molecular formula is C22H24N4O. The van der Waals surface area contributed by atoms with Crippen molar-refractivity contribution in [2.45, 2.75) is 26.7 Å². The van der Waals surface area contributed by atoms with Gasteiger partial charge in [-0.3, -0.25) is 4.79 Å². The number of aryl methyl sites for hydroxylation is 1. The number of aromatic nitrogens is 2. The zero-order chi connectivity index (χ0) is 19.4. The molecule has 138 valence electrons. The van der Waals surface area contributed by atoms with Crippen molar-refractivity contribution < 1.29 is 4.79 Å². The van der Waals surface area contributed by atoms with E-state index in [0.29, 0.717) is 17.6 Å². The molecule has 0 aliphatic heterocycles. The number of rotatable bonds is 5. The standard InChI is InChI=1S/C22H24N4O/c1-15(2)18-12-8-9-16(3)20(18)25-22-23-14-13-19(24-22)21(27)26(4)17-10-6-5-7-11-17/h5-15H,1-4H3,(H,23,24,25). The molecule has 0 atom stereocenters. The number of benzene rings is 2. The number of nitrogens with zero attached hydrogens (tertiary/aromatic N) is 3. The summed E-state index contributed by atoms with van der Waals surface area (Å²) in [5.41, 5.74) is 4.46. The Kier molecular flexibility index (Phi) is 5.50. The first kappa shape index (κ1) is 18.6. The lowest BCUT2D eigenvalue weighted by Crippen LogP contribution is -2.27. The molecule has 5 nitrogen and oxygen atoms in total. The van der Waals surface area contributed by atoms with Gasteiger partial charge in [-0.05, 0) is 42.2 Å². The first-order chi connectivity index (χ1) is 13.0. The summed E-state index contributed by atoms with van der Waals surface area (Å²) in [7, 11) is 1.74. The van der Waals surface area contributed by atoms with Gasteiger partial charge in [-0.1, -0.05) is 50.2 Å². The molecule has 0 radical (unpaired) electrons. The van der Waals surface area contributed by atoms with Crippen LogP contribution in [0.4, 0.5) is 17.3 Å². The van der Waals surface area contributed by atoms with E-state index < -0.39 is 0 Å². The zero-order valence-electron chi connectivity index (χ0n) is 16.1. The molecule has 0 spiro atoms. The quantitative estimate of drug-likeness (QED) is 0.701. The van der Waals surface area contributed by atoms with Crippen molar-refractivity contribution in [2.75, 3.05) is 17.3 Å². The maximum absolute atomic E-state index is 12.8. The molecule has 0 bridgehead atoms. The van der Waals surface area contributed by atoms with Gasteiger partial charge in [0.25, 0.3) is 5.91 Å². The molecule has 3 rings (SSSR count). The second kappa shape index (κ2) is 7.99. The van der Waals surface area contributed by atoms with Crippen LogP contribution in [0.5, 0.6) is 0 Å². The molecule has 0 fully saturated rings. The maximum Gasteiger partial charge on any atom is 0.276 e. The minimum absolute atomic E-state index is 0.180. The van der Waals surface area contributed by atoms with E-state index in [1.807, 2.05) is 49.4 Å². The molecule has 0 saturated carbocycles. The van der Waals surface area contributed by atoms with Crippen LogP contribution in [0.1, 0.15) is 41.4 Å². The topological polar surface area (TPSA) is 58.1 Å². The van der Waals surface area contributed by atoms with Crippen molar-refractivity contribution in [3.8, 4) is 0 Å². The predicted molar refractivity (Wildman–Crippen MR) is 110 cm³/mol. The van der Waals surface area contributed by atoms with Crippen LogP contribution in [-0.2, 0) is 0 Å². The number of anilines is 3. The van der Waals surface area contributed by atoms with Gasteiger partial charge < -0.3 is 10.2 Å². The van der Waals surface area contributed by atoms with Gasteiger partial charge in [0.15, 0.2) is 0 Å². The molecule has 1 N–H and O–H groups in total. The van der Waals surface area contributed by atoms with E-state index in [-0.39, 0.29) is 5.91 Å². The minimum atomic E-state index is -0.180. The lowest BCUT2D eigenvalue weighted by atomic mass is 9.98. The first-order valence-corrected chi connectivity index (χ1v) is 9.00. The molecule has 0 saturated heterocycles. The van der Waals surface area contributed by atoms with E-state index in [1.165, 1.54) is 5.56 Å². The molecule has 0 aliphatic rings. The number of nitrogens with one attached hydrogen (secondary N) is 1. The third kappa shape index (κ3) is 4.14. The number of para-hydroxylation sites is 2. The summed E-state index contributed by atoms with van der Waals surface area (Å²) in [4.78, 5) is 23.1. The average molecular weight is 360 g/mol.